The van der Waals surface area contributed by atoms with Crippen LogP contribution in [0.1, 0.15) is 106 Å². The van der Waals surface area contributed by atoms with Crippen molar-refractivity contribution in [3.05, 3.63) is 119 Å². The summed E-state index contributed by atoms with van der Waals surface area (Å²) in [6, 6.07) is 14.3. The highest BCUT2D eigenvalue weighted by Gasteiger charge is 2.60. The molecule has 1 heterocycles. The molecule has 1 fully saturated rings. The molecule has 0 radical (unpaired) electrons. The molecule has 72 heavy (non-hydrogen) atoms. The highest BCUT2D eigenvalue weighted by molar-refractivity contribution is 7.84. The second-order valence-corrected chi connectivity index (χ2v) is 22.5. The molecule has 24 heteroatoms. The minimum absolute atomic E-state index is 0.165. The van der Waals surface area contributed by atoms with E-state index in [1.807, 2.05) is 5.32 Å². The number of carbonyl (C=O) groups excluding carboxylic acids is 3. The Morgan fingerprint density at radius 1 is 0.750 bits per heavy atom. The van der Waals surface area contributed by atoms with Gasteiger partial charge in [-0.2, -0.15) is 13.2 Å². The second kappa shape index (κ2) is 24.5. The Kier molecular flexibility index (Phi) is 21.5. The van der Waals surface area contributed by atoms with Crippen LogP contribution >= 0.6 is 0 Å². The molecule has 4 rings (SSSR count). The highest BCUT2D eigenvalue weighted by Crippen LogP contribution is 2.46. The summed E-state index contributed by atoms with van der Waals surface area (Å²) in [6.45, 7) is 14.5. The Hall–Kier alpha value is -4.81. The molecule has 1 aliphatic rings. The van der Waals surface area contributed by atoms with Crippen LogP contribution in [0.2, 0.25) is 0 Å². The second-order valence-electron chi connectivity index (χ2n) is 18.6. The molecule has 0 aromatic heterocycles. The topological polar surface area (TPSA) is 140 Å². The summed E-state index contributed by atoms with van der Waals surface area (Å²) < 4.78 is 208. The van der Waals surface area contributed by atoms with Crippen LogP contribution in [-0.2, 0) is 62.4 Å². The van der Waals surface area contributed by atoms with Crippen molar-refractivity contribution in [2.75, 3.05) is 13.2 Å². The predicted octanol–water partition coefficient (Wildman–Crippen LogP) is 10.7. The molecule has 10 nitrogen and oxygen atoms in total. The van der Waals surface area contributed by atoms with E-state index < -0.39 is 143 Å². The van der Waals surface area contributed by atoms with Crippen molar-refractivity contribution < 1.29 is 85.0 Å². The number of carbonyl (C=O) groups is 3. The molecule has 1 aliphatic heterocycles. The van der Waals surface area contributed by atoms with E-state index in [2.05, 4.69) is 18.9 Å². The minimum Gasteiger partial charge on any atom is -0.464 e. The summed E-state index contributed by atoms with van der Waals surface area (Å²) in [5, 5.41) is 1.89. The number of hydrogen-bond donors (Lipinski definition) is 3. The molecule has 0 saturated carbocycles. The number of esters is 2. The molecule has 0 aliphatic carbocycles. The fourth-order valence-electron chi connectivity index (χ4n) is 6.42. The van der Waals surface area contributed by atoms with Gasteiger partial charge in [-0.3, -0.25) is 4.79 Å². The zero-order valence-corrected chi connectivity index (χ0v) is 42.8. The highest BCUT2D eigenvalue weighted by atomic mass is 32.2. The van der Waals surface area contributed by atoms with Crippen molar-refractivity contribution in [2.24, 2.45) is 0 Å². The average Bonchev–Trinajstić information content (AvgIpc) is 3.25. The molecule has 3 aromatic carbocycles. The van der Waals surface area contributed by atoms with Gasteiger partial charge < -0.3 is 14.8 Å². The fourth-order valence-corrected chi connectivity index (χ4v) is 8.28. The number of benzene rings is 3. The number of halogens is 12. The van der Waals surface area contributed by atoms with E-state index in [0.29, 0.717) is 0 Å². The van der Waals surface area contributed by atoms with E-state index in [1.165, 1.54) is 71.0 Å². The molecule has 404 valence electrons. The maximum atomic E-state index is 15.1. The Balaban J connectivity index is 0.000000378. The Morgan fingerprint density at radius 3 is 1.60 bits per heavy atom. The van der Waals surface area contributed by atoms with Crippen LogP contribution in [0.5, 0.6) is 0 Å². The van der Waals surface area contributed by atoms with Crippen LogP contribution in [0.15, 0.2) is 84.7 Å². The zero-order valence-electron chi connectivity index (χ0n) is 41.2. The van der Waals surface area contributed by atoms with Crippen LogP contribution in [0.25, 0.3) is 0 Å². The minimum atomic E-state index is -4.13. The van der Waals surface area contributed by atoms with Gasteiger partial charge in [0.2, 0.25) is 12.0 Å². The first-order valence-corrected chi connectivity index (χ1v) is 24.2. The Bertz CT molecular complexity index is 2450. The summed E-state index contributed by atoms with van der Waals surface area (Å²) in [7, 11) is -4.08. The molecule has 1 saturated heterocycles. The molecule has 7 atom stereocenters. The normalized spacial score (nSPS) is 20.3. The summed E-state index contributed by atoms with van der Waals surface area (Å²) in [4.78, 5) is 34.1. The number of piperidine rings is 1. The van der Waals surface area contributed by atoms with E-state index in [0.717, 1.165) is 57.2 Å². The van der Waals surface area contributed by atoms with Gasteiger partial charge in [-0.05, 0) is 94.4 Å². The molecular weight excluding hydrogens is 1020 g/mol. The molecule has 3 N–H and O–H groups in total. The first kappa shape index (κ1) is 63.3. The van der Waals surface area contributed by atoms with E-state index in [9.17, 15) is 57.9 Å². The average molecular weight is 1080 g/mol. The summed E-state index contributed by atoms with van der Waals surface area (Å²) in [6.07, 6.45) is -7.94. The quantitative estimate of drug-likeness (QED) is 0.0737. The molecular formula is C48H59F12N3O7S2. The molecule has 0 spiro atoms. The Labute approximate surface area is 415 Å². The van der Waals surface area contributed by atoms with E-state index in [1.54, 1.807) is 20.8 Å². The van der Waals surface area contributed by atoms with Crippen molar-refractivity contribution >= 4 is 39.8 Å². The largest absolute Gasteiger partial charge is 0.464 e. The summed E-state index contributed by atoms with van der Waals surface area (Å²) in [5.41, 5.74) is -8.74. The smallest absolute Gasteiger partial charge is 0.367 e. The SMILES string of the molecule is CCOC(=O)/C(F)=C/C(F)(F)[C@](C)(N[S@](=O)C(C)(C)C)c1ccccc1F.CCOC(=O)C(F)CC(F)(F)[C@](C)(NS(=O)C(C)(C)C)c1ccccc1F.C[C@]1(c2ccccc2F)NC(=O)C(F)CC1(F)F. The van der Waals surface area contributed by atoms with Gasteiger partial charge in [-0.1, -0.05) is 54.6 Å². The fraction of sp³-hybridized carbons (Fsp3) is 0.521. The van der Waals surface area contributed by atoms with Crippen molar-refractivity contribution in [1.82, 2.24) is 14.8 Å². The van der Waals surface area contributed by atoms with Crippen molar-refractivity contribution in [1.29, 1.82) is 0 Å². The molecule has 0 bridgehead atoms. The Morgan fingerprint density at radius 2 is 1.17 bits per heavy atom. The monoisotopic (exact) mass is 1080 g/mol. The van der Waals surface area contributed by atoms with Gasteiger partial charge in [-0.25, -0.2) is 67.0 Å². The summed E-state index contributed by atoms with van der Waals surface area (Å²) in [5.74, 6) is -20.5. The van der Waals surface area contributed by atoms with Gasteiger partial charge in [0, 0.05) is 22.8 Å². The van der Waals surface area contributed by atoms with Crippen LogP contribution in [0.3, 0.4) is 0 Å². The third-order valence-electron chi connectivity index (χ3n) is 10.9. The summed E-state index contributed by atoms with van der Waals surface area (Å²) >= 11 is 0. The van der Waals surface area contributed by atoms with Crippen LogP contribution < -0.4 is 14.8 Å². The number of alkyl halides is 8. The maximum absolute atomic E-state index is 15.1. The number of ether oxygens (including phenoxy) is 2. The number of rotatable bonds is 16. The van der Waals surface area contributed by atoms with Crippen molar-refractivity contribution in [3.63, 3.8) is 0 Å². The lowest BCUT2D eigenvalue weighted by atomic mass is 9.79. The first-order valence-electron chi connectivity index (χ1n) is 21.9. The van der Waals surface area contributed by atoms with E-state index >= 15 is 17.6 Å². The van der Waals surface area contributed by atoms with Gasteiger partial charge in [-0.15, -0.1) is 0 Å². The van der Waals surface area contributed by atoms with Crippen LogP contribution in [0, 0.1) is 17.5 Å². The van der Waals surface area contributed by atoms with Gasteiger partial charge in [0.25, 0.3) is 23.7 Å². The lowest BCUT2D eigenvalue weighted by Gasteiger charge is -2.42. The molecule has 3 unspecified atom stereocenters. The standard InChI is InChI=1S/C18H25F4NO3S.C18H23F4NO3S.C12H11F4NO/c2*1-6-26-15(24)14(20)11-18(21,22)17(5,23-27(25)16(2,3)4)12-9-7-8-10-13(12)19;1-11(7-4-2-3-5-8(7)13)12(15,16)6-9(14)10(18)17-11/h7-10,14,23H,6,11H2,1-5H3;7-11,23H,6H2,1-5H3;2-5,9H,6H2,1H3,(H,17,18)/b;14-11-;/t14?,17-,27?;17-,27-;9?,11-/m111/s1. The number of amides is 1. The van der Waals surface area contributed by atoms with E-state index in [4.69, 9.17) is 0 Å². The third kappa shape index (κ3) is 15.1. The maximum Gasteiger partial charge on any atom is 0.367 e. The number of nitrogens with one attached hydrogen (secondary N) is 3. The molecule has 3 aromatic rings. The van der Waals surface area contributed by atoms with Crippen molar-refractivity contribution in [2.45, 2.75) is 145 Å². The van der Waals surface area contributed by atoms with Gasteiger partial charge >= 0.3 is 11.9 Å². The first-order chi connectivity index (χ1) is 32.8. The lowest BCUT2D eigenvalue weighted by molar-refractivity contribution is -0.161. The van der Waals surface area contributed by atoms with Gasteiger partial charge in [0.15, 0.2) is 6.17 Å². The zero-order chi connectivity index (χ0) is 55.6. The van der Waals surface area contributed by atoms with Crippen LogP contribution in [-0.4, -0.2) is 79.1 Å². The predicted molar refractivity (Wildman–Crippen MR) is 248 cm³/mol. The molecule has 1 amide bonds. The van der Waals surface area contributed by atoms with E-state index in [-0.39, 0.29) is 24.9 Å². The third-order valence-corrected chi connectivity index (χ3v) is 14.3. The lowest BCUT2D eigenvalue weighted by Crippen LogP contribution is -2.63. The number of hydrogen-bond acceptors (Lipinski definition) is 7. The van der Waals surface area contributed by atoms with Gasteiger partial charge in [0.1, 0.15) is 34.1 Å². The van der Waals surface area contributed by atoms with Crippen molar-refractivity contribution in [3.8, 4) is 0 Å². The van der Waals surface area contributed by atoms with Crippen LogP contribution in [0.4, 0.5) is 52.7 Å². The van der Waals surface area contributed by atoms with Gasteiger partial charge in [0.05, 0.1) is 57.5 Å².